The molecule has 2 atom stereocenters. The molecule has 140 valence electrons. The van der Waals surface area contributed by atoms with Crippen LogP contribution in [0.3, 0.4) is 0 Å². The maximum absolute atomic E-state index is 6.01. The summed E-state index contributed by atoms with van der Waals surface area (Å²) in [5, 5.41) is 4.53. The third-order valence-corrected chi connectivity index (χ3v) is 5.98. The van der Waals surface area contributed by atoms with Crippen LogP contribution in [0.15, 0.2) is 42.6 Å². The maximum atomic E-state index is 6.01. The Bertz CT molecular complexity index is 954. The number of benzene rings is 1. The zero-order valence-electron chi connectivity index (χ0n) is 15.9. The van der Waals surface area contributed by atoms with Gasteiger partial charge in [0.1, 0.15) is 5.82 Å². The summed E-state index contributed by atoms with van der Waals surface area (Å²) < 4.78 is 8.00. The summed E-state index contributed by atoms with van der Waals surface area (Å²) in [6.07, 6.45) is 1.83. The van der Waals surface area contributed by atoms with Crippen LogP contribution < -0.4 is 4.90 Å². The van der Waals surface area contributed by atoms with Crippen molar-refractivity contribution >= 4 is 11.5 Å². The fraction of sp³-hybridized carbons (Fsp3) is 0.429. The third kappa shape index (κ3) is 2.80. The summed E-state index contributed by atoms with van der Waals surface area (Å²) in [6, 6.07) is 13.4. The molecule has 6 heteroatoms. The molecule has 6 nitrogen and oxygen atoms in total. The van der Waals surface area contributed by atoms with Crippen molar-refractivity contribution in [2.45, 2.75) is 25.9 Å². The molecule has 3 aromatic rings. The van der Waals surface area contributed by atoms with Crippen LogP contribution in [0, 0.1) is 13.8 Å². The summed E-state index contributed by atoms with van der Waals surface area (Å²) in [5.74, 6) is 1.17. The summed E-state index contributed by atoms with van der Waals surface area (Å²) in [5.41, 5.74) is 4.54. The Balaban J connectivity index is 1.45. The normalized spacial score (nSPS) is 23.6. The summed E-state index contributed by atoms with van der Waals surface area (Å²) in [7, 11) is 0. The van der Waals surface area contributed by atoms with Crippen LogP contribution in [0.5, 0.6) is 0 Å². The van der Waals surface area contributed by atoms with E-state index in [4.69, 9.17) is 4.74 Å². The first kappa shape index (κ1) is 16.7. The van der Waals surface area contributed by atoms with Crippen molar-refractivity contribution in [3.05, 3.63) is 59.4 Å². The van der Waals surface area contributed by atoms with E-state index in [1.807, 2.05) is 16.8 Å². The predicted molar refractivity (Wildman–Crippen MR) is 105 cm³/mol. The van der Waals surface area contributed by atoms with Gasteiger partial charge in [-0.1, -0.05) is 30.3 Å². The second-order valence-corrected chi connectivity index (χ2v) is 7.55. The molecule has 27 heavy (non-hydrogen) atoms. The van der Waals surface area contributed by atoms with Gasteiger partial charge in [-0.15, -0.1) is 0 Å². The molecule has 2 fully saturated rings. The smallest absolute Gasteiger partial charge is 0.157 e. The monoisotopic (exact) mass is 363 g/mol. The van der Waals surface area contributed by atoms with Crippen molar-refractivity contribution in [3.8, 4) is 0 Å². The number of anilines is 1. The molecule has 0 amide bonds. The molecule has 0 radical (unpaired) electrons. The van der Waals surface area contributed by atoms with E-state index < -0.39 is 0 Å². The Hall–Kier alpha value is -2.44. The fourth-order valence-electron chi connectivity index (χ4n) is 4.49. The Morgan fingerprint density at radius 1 is 1.04 bits per heavy atom. The van der Waals surface area contributed by atoms with Gasteiger partial charge >= 0.3 is 0 Å². The minimum Gasteiger partial charge on any atom is -0.378 e. The summed E-state index contributed by atoms with van der Waals surface area (Å²) in [4.78, 5) is 9.75. The molecular weight excluding hydrogens is 338 g/mol. The van der Waals surface area contributed by atoms with Crippen LogP contribution in [-0.4, -0.2) is 58.4 Å². The highest BCUT2D eigenvalue weighted by molar-refractivity contribution is 5.56. The molecule has 1 aromatic carbocycles. The number of ether oxygens (including phenoxy) is 1. The molecule has 0 saturated carbocycles. The fourth-order valence-corrected chi connectivity index (χ4v) is 4.49. The van der Waals surface area contributed by atoms with Crippen molar-refractivity contribution in [1.82, 2.24) is 19.5 Å². The minimum atomic E-state index is 0.345. The number of aryl methyl sites for hydroxylation is 1. The van der Waals surface area contributed by atoms with Crippen LogP contribution in [-0.2, 0) is 4.74 Å². The molecule has 4 heterocycles. The van der Waals surface area contributed by atoms with E-state index in [0.29, 0.717) is 12.1 Å². The standard InChI is InChI=1S/C21H25N5O/c1-15-16(2)23-20-8-9-22-26(20)21(15)24-10-11-25-18(12-24)13-27-14-19(25)17-6-4-3-5-7-17/h3-9,18-19H,10-14H2,1-2H3/t18-,19-/m1/s1. The first-order valence-electron chi connectivity index (χ1n) is 9.66. The maximum Gasteiger partial charge on any atom is 0.157 e. The van der Waals surface area contributed by atoms with Gasteiger partial charge in [0.2, 0.25) is 0 Å². The first-order valence-corrected chi connectivity index (χ1v) is 9.66. The lowest BCUT2D eigenvalue weighted by atomic mass is 10.00. The van der Waals surface area contributed by atoms with Crippen molar-refractivity contribution in [2.75, 3.05) is 37.7 Å². The average Bonchev–Trinajstić information content (AvgIpc) is 3.16. The molecule has 0 N–H and O–H groups in total. The Morgan fingerprint density at radius 3 is 2.74 bits per heavy atom. The number of hydrogen-bond donors (Lipinski definition) is 0. The van der Waals surface area contributed by atoms with Crippen LogP contribution in [0.4, 0.5) is 5.82 Å². The van der Waals surface area contributed by atoms with E-state index in [1.165, 1.54) is 16.9 Å². The Kier molecular flexibility index (Phi) is 4.10. The van der Waals surface area contributed by atoms with Crippen LogP contribution in [0.25, 0.3) is 5.65 Å². The SMILES string of the molecule is Cc1nc2ccnn2c(N2CCN3[C@@H](COC[C@@H]3c3ccccc3)C2)c1C. The molecule has 5 rings (SSSR count). The molecular formula is C21H25N5O. The molecule has 0 spiro atoms. The summed E-state index contributed by atoms with van der Waals surface area (Å²) in [6.45, 7) is 8.74. The minimum absolute atomic E-state index is 0.345. The predicted octanol–water partition coefficient (Wildman–Crippen LogP) is 2.61. The van der Waals surface area contributed by atoms with Crippen molar-refractivity contribution in [1.29, 1.82) is 0 Å². The van der Waals surface area contributed by atoms with E-state index >= 15 is 0 Å². The van der Waals surface area contributed by atoms with E-state index in [-0.39, 0.29) is 0 Å². The van der Waals surface area contributed by atoms with Gasteiger partial charge in [0.15, 0.2) is 5.65 Å². The van der Waals surface area contributed by atoms with Gasteiger partial charge in [-0.05, 0) is 19.4 Å². The quantitative estimate of drug-likeness (QED) is 0.700. The zero-order valence-corrected chi connectivity index (χ0v) is 15.9. The number of aromatic nitrogens is 3. The van der Waals surface area contributed by atoms with Gasteiger partial charge in [0, 0.05) is 37.0 Å². The Labute approximate surface area is 159 Å². The van der Waals surface area contributed by atoms with Gasteiger partial charge < -0.3 is 9.64 Å². The van der Waals surface area contributed by atoms with Crippen LogP contribution in [0.1, 0.15) is 22.9 Å². The number of fused-ring (bicyclic) bond motifs is 2. The Morgan fingerprint density at radius 2 is 1.89 bits per heavy atom. The van der Waals surface area contributed by atoms with E-state index in [2.05, 4.69) is 64.1 Å². The molecule has 2 aliphatic heterocycles. The van der Waals surface area contributed by atoms with Gasteiger partial charge in [-0.2, -0.15) is 9.61 Å². The lowest BCUT2D eigenvalue weighted by Gasteiger charge is -2.48. The second-order valence-electron chi connectivity index (χ2n) is 7.55. The number of rotatable bonds is 2. The average molecular weight is 363 g/mol. The van der Waals surface area contributed by atoms with Crippen LogP contribution >= 0.6 is 0 Å². The topological polar surface area (TPSA) is 45.9 Å². The first-order chi connectivity index (χ1) is 13.2. The van der Waals surface area contributed by atoms with E-state index in [0.717, 1.165) is 44.2 Å². The van der Waals surface area contributed by atoms with Gasteiger partial charge in [0.25, 0.3) is 0 Å². The molecule has 2 aliphatic rings. The molecule has 2 saturated heterocycles. The number of piperazine rings is 1. The largest absolute Gasteiger partial charge is 0.378 e. The molecule has 2 aromatic heterocycles. The highest BCUT2D eigenvalue weighted by atomic mass is 16.5. The highest BCUT2D eigenvalue weighted by Crippen LogP contribution is 2.32. The second kappa shape index (κ2) is 6.62. The number of morpholine rings is 1. The van der Waals surface area contributed by atoms with Crippen LogP contribution in [0.2, 0.25) is 0 Å². The lowest BCUT2D eigenvalue weighted by Crippen LogP contribution is -2.59. The van der Waals surface area contributed by atoms with Crippen molar-refractivity contribution in [3.63, 3.8) is 0 Å². The third-order valence-electron chi connectivity index (χ3n) is 5.98. The number of hydrogen-bond acceptors (Lipinski definition) is 5. The lowest BCUT2D eigenvalue weighted by molar-refractivity contribution is -0.0548. The van der Waals surface area contributed by atoms with Gasteiger partial charge in [-0.3, -0.25) is 4.90 Å². The summed E-state index contributed by atoms with van der Waals surface area (Å²) >= 11 is 0. The molecule has 0 bridgehead atoms. The van der Waals surface area contributed by atoms with E-state index in [1.54, 1.807) is 0 Å². The van der Waals surface area contributed by atoms with E-state index in [9.17, 15) is 0 Å². The molecule has 0 unspecified atom stereocenters. The molecule has 0 aliphatic carbocycles. The van der Waals surface area contributed by atoms with Crippen molar-refractivity contribution in [2.24, 2.45) is 0 Å². The highest BCUT2D eigenvalue weighted by Gasteiger charge is 2.37. The zero-order chi connectivity index (χ0) is 18.4. The van der Waals surface area contributed by atoms with Gasteiger partial charge in [-0.25, -0.2) is 4.98 Å². The number of nitrogens with zero attached hydrogens (tertiary/aromatic N) is 5. The van der Waals surface area contributed by atoms with Crippen molar-refractivity contribution < 1.29 is 4.74 Å². The van der Waals surface area contributed by atoms with Gasteiger partial charge in [0.05, 0.1) is 31.5 Å².